The van der Waals surface area contributed by atoms with Crippen LogP contribution in [-0.2, 0) is 28.5 Å². The Morgan fingerprint density at radius 3 is 1.41 bits per heavy atom. The summed E-state index contributed by atoms with van der Waals surface area (Å²) < 4.78 is 27.5. The molecule has 2 saturated heterocycles. The van der Waals surface area contributed by atoms with E-state index in [1.54, 1.807) is 42.5 Å². The van der Waals surface area contributed by atoms with E-state index < -0.39 is 0 Å². The molecule has 2 aromatic heterocycles. The molecule has 0 spiro atoms. The minimum atomic E-state index is -0.00775. The summed E-state index contributed by atoms with van der Waals surface area (Å²) in [4.78, 5) is 41.3. The van der Waals surface area contributed by atoms with Crippen LogP contribution in [0.1, 0.15) is 32.6 Å². The third-order valence-electron chi connectivity index (χ3n) is 8.59. The summed E-state index contributed by atoms with van der Waals surface area (Å²) in [6, 6.07) is 0.127. The lowest BCUT2D eigenvalue weighted by molar-refractivity contribution is -0.119. The predicted octanol–water partition coefficient (Wildman–Crippen LogP) is 1.34. The summed E-state index contributed by atoms with van der Waals surface area (Å²) in [5, 5.41) is 3.08. The van der Waals surface area contributed by atoms with Gasteiger partial charge in [0.25, 0.3) is 0 Å². The molecule has 4 rings (SSSR count). The topological polar surface area (TPSA) is 140 Å². The van der Waals surface area contributed by atoms with Crippen LogP contribution in [0.25, 0.3) is 11.0 Å². The molecular formula is C31H53N9O6. The van der Waals surface area contributed by atoms with Crippen molar-refractivity contribution in [3.05, 3.63) is 0 Å². The van der Waals surface area contributed by atoms with E-state index >= 15 is 0 Å². The van der Waals surface area contributed by atoms with Gasteiger partial charge in [-0.3, -0.25) is 4.79 Å². The van der Waals surface area contributed by atoms with E-state index in [4.69, 9.17) is 43.6 Å². The molecule has 258 valence electrons. The highest BCUT2D eigenvalue weighted by atomic mass is 16.5. The first-order valence-electron chi connectivity index (χ1n) is 16.3. The number of hydrogen-bond acceptors (Lipinski definition) is 14. The molecule has 15 nitrogen and oxygen atoms in total. The lowest BCUT2D eigenvalue weighted by Gasteiger charge is -2.35. The monoisotopic (exact) mass is 647 g/mol. The van der Waals surface area contributed by atoms with Crippen molar-refractivity contribution in [1.29, 1.82) is 0 Å². The maximum atomic E-state index is 11.8. The number of amides is 1. The zero-order valence-corrected chi connectivity index (χ0v) is 28.5. The molecule has 0 unspecified atom stereocenters. The zero-order valence-electron chi connectivity index (χ0n) is 28.5. The van der Waals surface area contributed by atoms with Crippen LogP contribution < -0.4 is 24.9 Å². The average Bonchev–Trinajstić information content (AvgIpc) is 3.07. The Morgan fingerprint density at radius 2 is 1.07 bits per heavy atom. The van der Waals surface area contributed by atoms with Gasteiger partial charge < -0.3 is 48.6 Å². The molecule has 0 bridgehead atoms. The van der Waals surface area contributed by atoms with Crippen molar-refractivity contribution in [1.82, 2.24) is 25.3 Å². The van der Waals surface area contributed by atoms with Gasteiger partial charge in [-0.25, -0.2) is 9.97 Å². The molecule has 2 aliphatic heterocycles. The van der Waals surface area contributed by atoms with Gasteiger partial charge in [-0.2, -0.15) is 9.97 Å². The van der Waals surface area contributed by atoms with Crippen molar-refractivity contribution in [3.63, 3.8) is 0 Å². The lowest BCUT2D eigenvalue weighted by atomic mass is 10.0. The summed E-state index contributed by atoms with van der Waals surface area (Å²) in [6.45, 7) is 9.07. The fourth-order valence-electron chi connectivity index (χ4n) is 5.94. The Labute approximate surface area is 272 Å². The van der Waals surface area contributed by atoms with Gasteiger partial charge in [0.2, 0.25) is 17.8 Å². The standard InChI is InChI=1S/C31H53N9O6/c1-23(41)32-24-7-11-37(12-8-24)28-26-27(34-30(35-28)39(15-19-42-2)16-20-43-3)29(38-13-9-25(46-6)10-14-38)36-31(33-26)40(17-21-44-4)18-22-45-5/h24-25H,7-22H2,1-6H3,(H,32,41). The van der Waals surface area contributed by atoms with Gasteiger partial charge in [0.15, 0.2) is 11.6 Å². The Kier molecular flexibility index (Phi) is 14.2. The van der Waals surface area contributed by atoms with Crippen LogP contribution in [0.5, 0.6) is 0 Å². The highest BCUT2D eigenvalue weighted by molar-refractivity contribution is 5.95. The molecule has 15 heteroatoms. The van der Waals surface area contributed by atoms with Crippen molar-refractivity contribution >= 4 is 40.5 Å². The number of methoxy groups -OCH3 is 5. The van der Waals surface area contributed by atoms with Crippen molar-refractivity contribution in [3.8, 4) is 0 Å². The van der Waals surface area contributed by atoms with Gasteiger partial charge in [0, 0.05) is 101 Å². The normalized spacial score (nSPS) is 16.3. The Hall–Kier alpha value is -3.11. The first-order valence-corrected chi connectivity index (χ1v) is 16.3. The molecule has 1 amide bonds. The third-order valence-corrected chi connectivity index (χ3v) is 8.59. The Morgan fingerprint density at radius 1 is 0.674 bits per heavy atom. The molecule has 4 heterocycles. The van der Waals surface area contributed by atoms with E-state index in [1.807, 2.05) is 0 Å². The van der Waals surface area contributed by atoms with E-state index in [-0.39, 0.29) is 18.1 Å². The molecule has 2 aromatic rings. The van der Waals surface area contributed by atoms with Crippen LogP contribution >= 0.6 is 0 Å². The molecule has 46 heavy (non-hydrogen) atoms. The third kappa shape index (κ3) is 9.47. The number of carbonyl (C=O) groups is 1. The summed E-state index contributed by atoms with van der Waals surface area (Å²) in [7, 11) is 8.54. The average molecular weight is 648 g/mol. The summed E-state index contributed by atoms with van der Waals surface area (Å²) in [6.07, 6.45) is 3.61. The van der Waals surface area contributed by atoms with E-state index in [1.165, 1.54) is 0 Å². The van der Waals surface area contributed by atoms with E-state index in [9.17, 15) is 4.79 Å². The Balaban J connectivity index is 1.88. The van der Waals surface area contributed by atoms with Crippen LogP contribution in [0, 0.1) is 0 Å². The number of fused-ring (bicyclic) bond motifs is 1. The second-order valence-electron chi connectivity index (χ2n) is 11.7. The number of carbonyl (C=O) groups excluding carboxylic acids is 1. The largest absolute Gasteiger partial charge is 0.383 e. The van der Waals surface area contributed by atoms with Crippen molar-refractivity contribution in [2.24, 2.45) is 0 Å². The van der Waals surface area contributed by atoms with E-state index in [0.717, 1.165) is 63.5 Å². The smallest absolute Gasteiger partial charge is 0.228 e. The van der Waals surface area contributed by atoms with Gasteiger partial charge >= 0.3 is 0 Å². The fraction of sp³-hybridized carbons (Fsp3) is 0.774. The minimum absolute atomic E-state index is 0.00775. The molecule has 0 radical (unpaired) electrons. The zero-order chi connectivity index (χ0) is 32.9. The number of aromatic nitrogens is 4. The predicted molar refractivity (Wildman–Crippen MR) is 178 cm³/mol. The van der Waals surface area contributed by atoms with Crippen molar-refractivity contribution < 1.29 is 28.5 Å². The van der Waals surface area contributed by atoms with Gasteiger partial charge in [-0.05, 0) is 25.7 Å². The summed E-state index contributed by atoms with van der Waals surface area (Å²) in [5.74, 6) is 2.71. The fourth-order valence-corrected chi connectivity index (χ4v) is 5.94. The number of rotatable bonds is 18. The van der Waals surface area contributed by atoms with Crippen LogP contribution in [-0.4, -0.2) is 152 Å². The first kappa shape index (κ1) is 35.7. The highest BCUT2D eigenvalue weighted by Gasteiger charge is 2.30. The number of anilines is 4. The van der Waals surface area contributed by atoms with Gasteiger partial charge in [0.05, 0.1) is 32.5 Å². The number of ether oxygens (including phenoxy) is 5. The van der Waals surface area contributed by atoms with Crippen LogP contribution in [0.4, 0.5) is 23.5 Å². The first-order chi connectivity index (χ1) is 22.4. The van der Waals surface area contributed by atoms with E-state index in [2.05, 4.69) is 24.9 Å². The van der Waals surface area contributed by atoms with Crippen LogP contribution in [0.15, 0.2) is 0 Å². The second kappa shape index (κ2) is 18.3. The van der Waals surface area contributed by atoms with Crippen molar-refractivity contribution in [2.45, 2.75) is 44.8 Å². The van der Waals surface area contributed by atoms with Crippen molar-refractivity contribution in [2.75, 3.05) is 134 Å². The van der Waals surface area contributed by atoms with Gasteiger partial charge in [-0.15, -0.1) is 0 Å². The molecule has 0 aromatic carbocycles. The molecule has 2 fully saturated rings. The van der Waals surface area contributed by atoms with E-state index in [0.29, 0.717) is 75.5 Å². The number of piperidine rings is 2. The quantitative estimate of drug-likeness (QED) is 0.249. The van der Waals surface area contributed by atoms with Crippen LogP contribution in [0.2, 0.25) is 0 Å². The molecule has 0 saturated carbocycles. The number of hydrogen-bond donors (Lipinski definition) is 1. The van der Waals surface area contributed by atoms with Gasteiger partial charge in [0.1, 0.15) is 11.0 Å². The highest BCUT2D eigenvalue weighted by Crippen LogP contribution is 2.35. The molecule has 1 N–H and O–H groups in total. The molecule has 2 aliphatic rings. The number of nitrogens with zero attached hydrogens (tertiary/aromatic N) is 8. The molecule has 0 aliphatic carbocycles. The molecule has 0 atom stereocenters. The molecular weight excluding hydrogens is 594 g/mol. The van der Waals surface area contributed by atoms with Gasteiger partial charge in [-0.1, -0.05) is 0 Å². The minimum Gasteiger partial charge on any atom is -0.383 e. The second-order valence-corrected chi connectivity index (χ2v) is 11.7. The summed E-state index contributed by atoms with van der Waals surface area (Å²) in [5.41, 5.74) is 1.41. The lowest BCUT2D eigenvalue weighted by Crippen LogP contribution is -2.44. The Bertz CT molecular complexity index is 1210. The maximum Gasteiger partial charge on any atom is 0.228 e. The van der Waals surface area contributed by atoms with Crippen LogP contribution in [0.3, 0.4) is 0 Å². The maximum absolute atomic E-state index is 11.8. The summed E-state index contributed by atoms with van der Waals surface area (Å²) >= 11 is 0. The SMILES string of the molecule is COCCN(CCOC)c1nc(N2CCC(OC)CC2)c2nc(N(CCOC)CCOC)nc(N3CCC(NC(C)=O)CC3)c2n1. The number of nitrogens with one attached hydrogen (secondary N) is 1.